The third kappa shape index (κ3) is 4.83. The molecule has 0 radical (unpaired) electrons. The molecule has 0 unspecified atom stereocenters. The van der Waals surface area contributed by atoms with Gasteiger partial charge >= 0.3 is 0 Å². The van der Waals surface area contributed by atoms with E-state index in [1.54, 1.807) is 24.1 Å². The Kier molecular flexibility index (Phi) is 5.62. The van der Waals surface area contributed by atoms with Crippen LogP contribution in [0, 0.1) is 11.2 Å². The van der Waals surface area contributed by atoms with Gasteiger partial charge < -0.3 is 19.8 Å². The number of amides is 1. The fourth-order valence-corrected chi connectivity index (χ4v) is 2.22. The van der Waals surface area contributed by atoms with E-state index in [1.165, 1.54) is 24.3 Å². The molecule has 2 N–H and O–H groups in total. The molecular weight excluding hydrogens is 311 g/mol. The smallest absolute Gasteiger partial charge is 0.289 e. The molecule has 0 aliphatic heterocycles. The minimum Gasteiger partial charge on any atom is -0.486 e. The van der Waals surface area contributed by atoms with Gasteiger partial charge in [-0.15, -0.1) is 0 Å². The third-order valence-corrected chi connectivity index (χ3v) is 3.63. The van der Waals surface area contributed by atoms with Crippen LogP contribution in [0.4, 0.5) is 4.39 Å². The van der Waals surface area contributed by atoms with Gasteiger partial charge in [0.2, 0.25) is 0 Å². The van der Waals surface area contributed by atoms with E-state index in [1.807, 2.05) is 13.8 Å². The molecule has 24 heavy (non-hydrogen) atoms. The Morgan fingerprint density at radius 1 is 1.25 bits per heavy atom. The van der Waals surface area contributed by atoms with E-state index in [4.69, 9.17) is 14.9 Å². The Morgan fingerprint density at radius 3 is 2.54 bits per heavy atom. The second-order valence-electron chi connectivity index (χ2n) is 6.54. The topological polar surface area (TPSA) is 68.7 Å². The van der Waals surface area contributed by atoms with Crippen molar-refractivity contribution >= 4 is 5.91 Å². The number of nitrogens with zero attached hydrogens (tertiary/aromatic N) is 1. The second kappa shape index (κ2) is 7.49. The summed E-state index contributed by atoms with van der Waals surface area (Å²) in [6, 6.07) is 9.03. The average molecular weight is 334 g/mol. The van der Waals surface area contributed by atoms with Crippen molar-refractivity contribution in [1.29, 1.82) is 0 Å². The van der Waals surface area contributed by atoms with Crippen molar-refractivity contribution in [3.63, 3.8) is 0 Å². The van der Waals surface area contributed by atoms with Crippen LogP contribution in [0.2, 0.25) is 0 Å². The lowest BCUT2D eigenvalue weighted by molar-refractivity contribution is 0.0705. The molecule has 0 fully saturated rings. The van der Waals surface area contributed by atoms with Crippen molar-refractivity contribution in [1.82, 2.24) is 4.90 Å². The Balaban J connectivity index is 1.94. The van der Waals surface area contributed by atoms with Gasteiger partial charge in [-0.05, 0) is 48.4 Å². The molecule has 0 bridgehead atoms. The van der Waals surface area contributed by atoms with Crippen molar-refractivity contribution in [2.24, 2.45) is 11.1 Å². The summed E-state index contributed by atoms with van der Waals surface area (Å²) in [7, 11) is 1.72. The van der Waals surface area contributed by atoms with E-state index < -0.39 is 0 Å². The molecule has 1 heterocycles. The molecule has 1 aromatic heterocycles. The molecule has 2 aromatic rings. The third-order valence-electron chi connectivity index (χ3n) is 3.63. The number of rotatable bonds is 7. The maximum absolute atomic E-state index is 12.8. The lowest BCUT2D eigenvalue weighted by atomic mass is 9.93. The summed E-state index contributed by atoms with van der Waals surface area (Å²) in [6.07, 6.45) is 0. The minimum absolute atomic E-state index is 0.161. The molecule has 0 saturated heterocycles. The molecular formula is C18H23FN2O3. The van der Waals surface area contributed by atoms with Gasteiger partial charge in [-0.3, -0.25) is 4.79 Å². The summed E-state index contributed by atoms with van der Waals surface area (Å²) < 4.78 is 23.9. The Hall–Kier alpha value is -2.34. The Morgan fingerprint density at radius 2 is 1.92 bits per heavy atom. The standard InChI is InChI=1S/C18H23FN2O3/c1-18(2,11-20)12-21(3)17(22)16-9-8-15(24-16)10-23-14-6-4-13(19)5-7-14/h4-9H,10-12,20H2,1-3H3. The molecule has 0 aliphatic carbocycles. The van der Waals surface area contributed by atoms with Crippen molar-refractivity contribution in [2.45, 2.75) is 20.5 Å². The first kappa shape index (κ1) is 18.0. The predicted octanol–water partition coefficient (Wildman–Crippen LogP) is 3.05. The monoisotopic (exact) mass is 334 g/mol. The first-order chi connectivity index (χ1) is 11.3. The van der Waals surface area contributed by atoms with Gasteiger partial charge in [0.15, 0.2) is 5.76 Å². The van der Waals surface area contributed by atoms with Gasteiger partial charge in [-0.25, -0.2) is 4.39 Å². The fourth-order valence-electron chi connectivity index (χ4n) is 2.22. The van der Waals surface area contributed by atoms with E-state index >= 15 is 0 Å². The number of benzene rings is 1. The summed E-state index contributed by atoms with van der Waals surface area (Å²) in [5, 5.41) is 0. The minimum atomic E-state index is -0.323. The molecule has 0 saturated carbocycles. The fraction of sp³-hybridized carbons (Fsp3) is 0.389. The molecule has 1 amide bonds. The number of furan rings is 1. The normalized spacial score (nSPS) is 11.4. The summed E-state index contributed by atoms with van der Waals surface area (Å²) in [5.74, 6) is 0.779. The number of carbonyl (C=O) groups excluding carboxylic acids is 1. The van der Waals surface area contributed by atoms with E-state index in [9.17, 15) is 9.18 Å². The highest BCUT2D eigenvalue weighted by Crippen LogP contribution is 2.18. The van der Waals surface area contributed by atoms with Crippen LogP contribution in [-0.2, 0) is 6.61 Å². The van der Waals surface area contributed by atoms with Crippen molar-refractivity contribution < 1.29 is 18.3 Å². The summed E-state index contributed by atoms with van der Waals surface area (Å²) >= 11 is 0. The van der Waals surface area contributed by atoms with Crippen LogP contribution in [0.3, 0.4) is 0 Å². The quantitative estimate of drug-likeness (QED) is 0.845. The zero-order valence-electron chi connectivity index (χ0n) is 14.2. The van der Waals surface area contributed by atoms with E-state index in [2.05, 4.69) is 0 Å². The molecule has 0 spiro atoms. The van der Waals surface area contributed by atoms with Crippen LogP contribution >= 0.6 is 0 Å². The molecule has 130 valence electrons. The number of carbonyl (C=O) groups is 1. The maximum Gasteiger partial charge on any atom is 0.289 e. The van der Waals surface area contributed by atoms with Gasteiger partial charge in [0, 0.05) is 13.6 Å². The number of hydrogen-bond donors (Lipinski definition) is 1. The predicted molar refractivity (Wildman–Crippen MR) is 89.2 cm³/mol. The number of nitrogens with two attached hydrogens (primary N) is 1. The zero-order chi connectivity index (χ0) is 17.7. The van der Waals surface area contributed by atoms with Crippen LogP contribution in [0.1, 0.15) is 30.2 Å². The van der Waals surface area contributed by atoms with Gasteiger partial charge in [0.1, 0.15) is 23.9 Å². The lowest BCUT2D eigenvalue weighted by Gasteiger charge is -2.28. The maximum atomic E-state index is 12.8. The Labute approximate surface area is 141 Å². The van der Waals surface area contributed by atoms with E-state index in [-0.39, 0.29) is 29.5 Å². The second-order valence-corrected chi connectivity index (χ2v) is 6.54. The lowest BCUT2D eigenvalue weighted by Crippen LogP contribution is -2.39. The van der Waals surface area contributed by atoms with E-state index in [0.717, 1.165) is 0 Å². The Bertz CT molecular complexity index is 680. The van der Waals surface area contributed by atoms with Crippen molar-refractivity contribution in [3.05, 3.63) is 53.7 Å². The van der Waals surface area contributed by atoms with Gasteiger partial charge in [0.05, 0.1) is 0 Å². The summed E-state index contributed by atoms with van der Waals surface area (Å²) in [4.78, 5) is 14.0. The highest BCUT2D eigenvalue weighted by atomic mass is 19.1. The van der Waals surface area contributed by atoms with Crippen LogP contribution < -0.4 is 10.5 Å². The van der Waals surface area contributed by atoms with Crippen molar-refractivity contribution in [3.8, 4) is 5.75 Å². The zero-order valence-corrected chi connectivity index (χ0v) is 14.2. The van der Waals surface area contributed by atoms with Crippen molar-refractivity contribution in [2.75, 3.05) is 20.1 Å². The largest absolute Gasteiger partial charge is 0.486 e. The molecule has 0 atom stereocenters. The molecule has 1 aromatic carbocycles. The van der Waals surface area contributed by atoms with E-state index in [0.29, 0.717) is 24.6 Å². The molecule has 5 nitrogen and oxygen atoms in total. The first-order valence-electron chi connectivity index (χ1n) is 7.73. The van der Waals surface area contributed by atoms with Gasteiger partial charge in [-0.1, -0.05) is 13.8 Å². The van der Waals surface area contributed by atoms with Gasteiger partial charge in [0.25, 0.3) is 5.91 Å². The highest BCUT2D eigenvalue weighted by molar-refractivity contribution is 5.91. The van der Waals surface area contributed by atoms with Crippen LogP contribution in [0.5, 0.6) is 5.75 Å². The summed E-state index contributed by atoms with van der Waals surface area (Å²) in [6.45, 7) is 5.18. The van der Waals surface area contributed by atoms with Gasteiger partial charge in [-0.2, -0.15) is 0 Å². The first-order valence-corrected chi connectivity index (χ1v) is 7.73. The van der Waals surface area contributed by atoms with Crippen LogP contribution in [0.25, 0.3) is 0 Å². The number of hydrogen-bond acceptors (Lipinski definition) is 4. The van der Waals surface area contributed by atoms with Crippen LogP contribution in [0.15, 0.2) is 40.8 Å². The molecule has 0 aliphatic rings. The summed E-state index contributed by atoms with van der Waals surface area (Å²) in [5.41, 5.74) is 5.54. The molecule has 6 heteroatoms. The number of halogens is 1. The highest BCUT2D eigenvalue weighted by Gasteiger charge is 2.23. The average Bonchev–Trinajstić information content (AvgIpc) is 3.02. The molecule has 2 rings (SSSR count). The number of ether oxygens (including phenoxy) is 1. The SMILES string of the molecule is CN(CC(C)(C)CN)C(=O)c1ccc(COc2ccc(F)cc2)o1. The van der Waals surface area contributed by atoms with Crippen LogP contribution in [-0.4, -0.2) is 30.9 Å².